The van der Waals surface area contributed by atoms with Gasteiger partial charge in [0.25, 0.3) is 5.71 Å². The summed E-state index contributed by atoms with van der Waals surface area (Å²) in [5, 5.41) is 10.8. The van der Waals surface area contributed by atoms with Gasteiger partial charge in [0.2, 0.25) is 0 Å². The van der Waals surface area contributed by atoms with E-state index in [-0.39, 0.29) is 4.92 Å². The van der Waals surface area contributed by atoms with Crippen molar-refractivity contribution in [2.75, 3.05) is 13.1 Å². The van der Waals surface area contributed by atoms with Crippen LogP contribution in [0.4, 0.5) is 0 Å². The van der Waals surface area contributed by atoms with Crippen molar-refractivity contribution in [1.82, 2.24) is 0 Å². The molecule has 0 spiro atoms. The van der Waals surface area contributed by atoms with Crippen LogP contribution < -0.4 is 0 Å². The summed E-state index contributed by atoms with van der Waals surface area (Å²) in [6.07, 6.45) is 12.9. The van der Waals surface area contributed by atoms with Crippen LogP contribution >= 0.6 is 0 Å². The topological polar surface area (TPSA) is 46.1 Å². The zero-order valence-corrected chi connectivity index (χ0v) is 15.1. The first-order chi connectivity index (χ1) is 10.6. The van der Waals surface area contributed by atoms with Crippen LogP contribution in [0.25, 0.3) is 0 Å². The van der Waals surface area contributed by atoms with Crippen LogP contribution in [0, 0.1) is 10.1 Å². The van der Waals surface area contributed by atoms with Crippen molar-refractivity contribution < 1.29 is 9.50 Å². The van der Waals surface area contributed by atoms with E-state index in [0.29, 0.717) is 5.70 Å². The second-order valence-corrected chi connectivity index (χ2v) is 5.98. The monoisotopic (exact) mass is 311 g/mol. The molecule has 1 rings (SSSR count). The Hall–Kier alpha value is -1.19. The molecule has 0 atom stereocenters. The number of rotatable bonds is 9. The quantitative estimate of drug-likeness (QED) is 0.254. The molecule has 0 bridgehead atoms. The molecule has 0 fully saturated rings. The number of hydrogen-bond donors (Lipinski definition) is 0. The van der Waals surface area contributed by atoms with Crippen LogP contribution in [0.15, 0.2) is 11.8 Å². The molecule has 0 saturated carbocycles. The van der Waals surface area contributed by atoms with Gasteiger partial charge in [0.1, 0.15) is 13.1 Å². The Labute approximate surface area is 136 Å². The summed E-state index contributed by atoms with van der Waals surface area (Å²) in [4.78, 5) is 10.5. The van der Waals surface area contributed by atoms with Crippen LogP contribution in [-0.4, -0.2) is 28.3 Å². The molecule has 0 unspecified atom stereocenters. The number of unbranched alkanes of at least 4 members (excludes halogenated alkanes) is 6. The van der Waals surface area contributed by atoms with Gasteiger partial charge in [0, 0.05) is 25.8 Å². The molecule has 128 valence electrons. The van der Waals surface area contributed by atoms with Gasteiger partial charge in [-0.05, 0) is 6.42 Å². The van der Waals surface area contributed by atoms with Crippen LogP contribution in [0.1, 0.15) is 85.5 Å². The SMILES string of the molecule is CCCCCC.CCCCCC[N+]1=C(C)C([N+](=O)[O-])=CCC1. The largest absolute Gasteiger partial charge is 0.330 e. The highest BCUT2D eigenvalue weighted by molar-refractivity contribution is 5.92. The summed E-state index contributed by atoms with van der Waals surface area (Å²) < 4.78 is 2.15. The van der Waals surface area contributed by atoms with Crippen molar-refractivity contribution >= 4 is 5.71 Å². The Balaban J connectivity index is 0.000000626. The number of nitro groups is 1. The molecule has 0 aromatic rings. The molecule has 4 nitrogen and oxygen atoms in total. The summed E-state index contributed by atoms with van der Waals surface area (Å²) in [7, 11) is 0. The Kier molecular flexibility index (Phi) is 12.7. The van der Waals surface area contributed by atoms with Crippen molar-refractivity contribution in [1.29, 1.82) is 0 Å². The number of hydrogen-bond acceptors (Lipinski definition) is 2. The van der Waals surface area contributed by atoms with Gasteiger partial charge < -0.3 is 0 Å². The minimum absolute atomic E-state index is 0.270. The van der Waals surface area contributed by atoms with Crippen LogP contribution in [0.2, 0.25) is 0 Å². The normalized spacial score (nSPS) is 14.3. The van der Waals surface area contributed by atoms with Gasteiger partial charge in [-0.1, -0.05) is 59.3 Å². The molecule has 22 heavy (non-hydrogen) atoms. The van der Waals surface area contributed by atoms with E-state index in [9.17, 15) is 10.1 Å². The van der Waals surface area contributed by atoms with Crippen LogP contribution in [-0.2, 0) is 0 Å². The molecule has 1 heterocycles. The minimum atomic E-state index is -0.270. The fraction of sp³-hybridized carbons (Fsp3) is 0.833. The highest BCUT2D eigenvalue weighted by Crippen LogP contribution is 2.09. The summed E-state index contributed by atoms with van der Waals surface area (Å²) >= 11 is 0. The molecule has 1 aliphatic heterocycles. The Morgan fingerprint density at radius 1 is 1.05 bits per heavy atom. The van der Waals surface area contributed by atoms with E-state index >= 15 is 0 Å². The van der Waals surface area contributed by atoms with Crippen molar-refractivity contribution in [3.63, 3.8) is 0 Å². The molecular weight excluding hydrogens is 276 g/mol. The molecular formula is C18H35N2O2+. The predicted molar refractivity (Wildman–Crippen MR) is 94.3 cm³/mol. The molecule has 0 amide bonds. The molecule has 0 radical (unpaired) electrons. The van der Waals surface area contributed by atoms with Crippen LogP contribution in [0.3, 0.4) is 0 Å². The van der Waals surface area contributed by atoms with Crippen molar-refractivity contribution in [2.45, 2.75) is 85.5 Å². The zero-order valence-electron chi connectivity index (χ0n) is 15.1. The molecule has 4 heteroatoms. The third kappa shape index (κ3) is 8.96. The second kappa shape index (κ2) is 13.5. The first kappa shape index (κ1) is 20.8. The molecule has 0 aromatic carbocycles. The molecule has 0 saturated heterocycles. The van der Waals surface area contributed by atoms with E-state index in [1.165, 1.54) is 44.9 Å². The predicted octanol–water partition coefficient (Wildman–Crippen LogP) is 5.19. The Bertz CT molecular complexity index is 369. The van der Waals surface area contributed by atoms with E-state index in [1.807, 2.05) is 6.92 Å². The lowest BCUT2D eigenvalue weighted by molar-refractivity contribution is -0.538. The number of allylic oxidation sites excluding steroid dienone is 1. The smallest absolute Gasteiger partial charge is 0.258 e. The summed E-state index contributed by atoms with van der Waals surface area (Å²) in [6.45, 7) is 10.4. The average Bonchev–Trinajstić information content (AvgIpc) is 2.51. The van der Waals surface area contributed by atoms with E-state index in [0.717, 1.165) is 31.6 Å². The van der Waals surface area contributed by atoms with Gasteiger partial charge >= 0.3 is 5.70 Å². The maximum Gasteiger partial charge on any atom is 0.330 e. The van der Waals surface area contributed by atoms with Gasteiger partial charge in [-0.25, -0.2) is 4.58 Å². The van der Waals surface area contributed by atoms with Crippen molar-refractivity contribution in [3.8, 4) is 0 Å². The van der Waals surface area contributed by atoms with Gasteiger partial charge in [0.15, 0.2) is 0 Å². The fourth-order valence-electron chi connectivity index (χ4n) is 2.55. The van der Waals surface area contributed by atoms with E-state index in [1.54, 1.807) is 6.08 Å². The molecule has 0 N–H and O–H groups in total. The second-order valence-electron chi connectivity index (χ2n) is 5.98. The lowest BCUT2D eigenvalue weighted by Gasteiger charge is -2.09. The summed E-state index contributed by atoms with van der Waals surface area (Å²) in [6, 6.07) is 0. The highest BCUT2D eigenvalue weighted by atomic mass is 16.6. The minimum Gasteiger partial charge on any atom is -0.258 e. The lowest BCUT2D eigenvalue weighted by atomic mass is 10.1. The van der Waals surface area contributed by atoms with Gasteiger partial charge in [0.05, 0.1) is 4.92 Å². The van der Waals surface area contributed by atoms with E-state index < -0.39 is 0 Å². The third-order valence-electron chi connectivity index (χ3n) is 4.02. The Morgan fingerprint density at radius 2 is 1.59 bits per heavy atom. The lowest BCUT2D eigenvalue weighted by Crippen LogP contribution is -2.28. The summed E-state index contributed by atoms with van der Waals surface area (Å²) in [5.74, 6) is 0. The van der Waals surface area contributed by atoms with E-state index in [4.69, 9.17) is 0 Å². The zero-order chi connectivity index (χ0) is 16.8. The first-order valence-corrected chi connectivity index (χ1v) is 9.01. The fourth-order valence-corrected chi connectivity index (χ4v) is 2.55. The summed E-state index contributed by atoms with van der Waals surface area (Å²) in [5.41, 5.74) is 1.12. The maximum absolute atomic E-state index is 10.8. The highest BCUT2D eigenvalue weighted by Gasteiger charge is 2.27. The van der Waals surface area contributed by atoms with Gasteiger partial charge in [-0.2, -0.15) is 0 Å². The average molecular weight is 311 g/mol. The molecule has 1 aliphatic rings. The standard InChI is InChI=1S/C12H21N2O2.C6H14/c1-3-4-5-6-9-13-10-7-8-12(11(13)2)14(15)16;1-3-5-6-4-2/h8H,3-7,9-10H2,1-2H3;3-6H2,1-2H3/q+1;. The van der Waals surface area contributed by atoms with Gasteiger partial charge in [-0.3, -0.25) is 10.1 Å². The molecule has 0 aliphatic carbocycles. The Morgan fingerprint density at radius 3 is 2.09 bits per heavy atom. The van der Waals surface area contributed by atoms with E-state index in [2.05, 4.69) is 25.3 Å². The van der Waals surface area contributed by atoms with Crippen LogP contribution in [0.5, 0.6) is 0 Å². The first-order valence-electron chi connectivity index (χ1n) is 9.01. The van der Waals surface area contributed by atoms with Crippen molar-refractivity contribution in [3.05, 3.63) is 21.9 Å². The van der Waals surface area contributed by atoms with Gasteiger partial charge in [-0.15, -0.1) is 0 Å². The maximum atomic E-state index is 10.8. The number of nitrogens with zero attached hydrogens (tertiary/aromatic N) is 2. The third-order valence-corrected chi connectivity index (χ3v) is 4.02. The van der Waals surface area contributed by atoms with Crippen molar-refractivity contribution in [2.24, 2.45) is 0 Å². The molecule has 0 aromatic heterocycles.